The third-order valence-electron chi connectivity index (χ3n) is 3.82. The molecule has 1 aliphatic rings. The third-order valence-corrected chi connectivity index (χ3v) is 3.82. The molecule has 1 aliphatic heterocycles. The lowest BCUT2D eigenvalue weighted by molar-refractivity contribution is 0.0962. The molecule has 1 aromatic rings. The number of nitrogens with one attached hydrogen (secondary N) is 1. The Morgan fingerprint density at radius 1 is 1.30 bits per heavy atom. The van der Waals surface area contributed by atoms with Crippen molar-refractivity contribution in [3.05, 3.63) is 64.9 Å². The van der Waals surface area contributed by atoms with Crippen LogP contribution < -0.4 is 5.32 Å². The van der Waals surface area contributed by atoms with Gasteiger partial charge in [-0.2, -0.15) is 0 Å². The first-order valence-corrected chi connectivity index (χ1v) is 7.32. The van der Waals surface area contributed by atoms with Crippen molar-refractivity contribution in [3.8, 4) is 0 Å². The molecule has 0 radical (unpaired) electrons. The monoisotopic (exact) mass is 318 g/mol. The van der Waals surface area contributed by atoms with Crippen LogP contribution in [0.5, 0.6) is 0 Å². The Morgan fingerprint density at radius 2 is 1.91 bits per heavy atom. The number of carbonyl (C=O) groups excluding carboxylic acids is 1. The Hall–Kier alpha value is -2.43. The summed E-state index contributed by atoms with van der Waals surface area (Å²) < 4.78 is 28.6. The summed E-state index contributed by atoms with van der Waals surface area (Å²) in [6.07, 6.45) is 7.70. The molecule has 1 amide bonds. The van der Waals surface area contributed by atoms with Crippen LogP contribution in [0.25, 0.3) is 5.57 Å². The van der Waals surface area contributed by atoms with Crippen LogP contribution in [-0.2, 0) is 0 Å². The van der Waals surface area contributed by atoms with Crippen molar-refractivity contribution in [1.82, 2.24) is 10.2 Å². The predicted octanol–water partition coefficient (Wildman–Crippen LogP) is 3.50. The highest BCUT2D eigenvalue weighted by molar-refractivity contribution is 5.94. The zero-order chi connectivity index (χ0) is 17.1. The Morgan fingerprint density at radius 3 is 2.48 bits per heavy atom. The van der Waals surface area contributed by atoms with E-state index in [1.54, 1.807) is 13.0 Å². The van der Waals surface area contributed by atoms with Crippen molar-refractivity contribution in [2.45, 2.75) is 19.9 Å². The van der Waals surface area contributed by atoms with Gasteiger partial charge in [0, 0.05) is 25.2 Å². The Kier molecular flexibility index (Phi) is 4.98. The molecule has 0 aliphatic carbocycles. The Balaban J connectivity index is 2.40. The molecule has 0 fully saturated rings. The minimum absolute atomic E-state index is 0.0347. The van der Waals surface area contributed by atoms with E-state index in [-0.39, 0.29) is 17.2 Å². The normalized spacial score (nSPS) is 18.0. The fourth-order valence-corrected chi connectivity index (χ4v) is 2.51. The predicted molar refractivity (Wildman–Crippen MR) is 87.8 cm³/mol. The molecule has 0 saturated heterocycles. The number of allylic oxidation sites excluding steroid dienone is 3. The number of hydrogen-bond donors (Lipinski definition) is 1. The molecule has 1 N–H and O–H groups in total. The molecule has 5 heteroatoms. The van der Waals surface area contributed by atoms with Gasteiger partial charge >= 0.3 is 0 Å². The summed E-state index contributed by atoms with van der Waals surface area (Å²) in [5, 5.41) is 2.35. The van der Waals surface area contributed by atoms with E-state index in [2.05, 4.69) is 5.32 Å². The summed E-state index contributed by atoms with van der Waals surface area (Å²) in [5.41, 5.74) is 1.44. The third kappa shape index (κ3) is 3.67. The number of likely N-dealkylation sites (N-methyl/N-ethyl adjacent to an activating group) is 1. The molecule has 0 aromatic heterocycles. The first-order valence-electron chi connectivity index (χ1n) is 7.32. The van der Waals surface area contributed by atoms with Crippen molar-refractivity contribution in [1.29, 1.82) is 0 Å². The second-order valence-electron chi connectivity index (χ2n) is 5.63. The van der Waals surface area contributed by atoms with Crippen molar-refractivity contribution < 1.29 is 13.6 Å². The first-order chi connectivity index (χ1) is 10.8. The van der Waals surface area contributed by atoms with Gasteiger partial charge in [0.25, 0.3) is 5.91 Å². The van der Waals surface area contributed by atoms with Crippen molar-refractivity contribution >= 4 is 11.5 Å². The maximum Gasteiger partial charge on any atom is 0.251 e. The SMILES string of the molecule is CNC(=O)c1cc(F)c(/C(C)=C/C2C=C(C)C=CN2C)c(F)c1. The van der Waals surface area contributed by atoms with E-state index in [0.717, 1.165) is 17.7 Å². The number of halogens is 2. The van der Waals surface area contributed by atoms with Gasteiger partial charge < -0.3 is 10.2 Å². The molecule has 1 unspecified atom stereocenters. The largest absolute Gasteiger partial charge is 0.371 e. The van der Waals surface area contributed by atoms with Gasteiger partial charge in [0.1, 0.15) is 11.6 Å². The van der Waals surface area contributed by atoms with Crippen LogP contribution in [-0.4, -0.2) is 30.9 Å². The van der Waals surface area contributed by atoms with Gasteiger partial charge in [-0.3, -0.25) is 4.79 Å². The highest BCUT2D eigenvalue weighted by atomic mass is 19.1. The van der Waals surface area contributed by atoms with Crippen LogP contribution in [0.2, 0.25) is 0 Å². The molecular formula is C18H20F2N2O. The molecule has 1 heterocycles. The molecule has 23 heavy (non-hydrogen) atoms. The number of nitrogens with zero attached hydrogens (tertiary/aromatic N) is 1. The summed E-state index contributed by atoms with van der Waals surface area (Å²) in [7, 11) is 3.31. The average molecular weight is 318 g/mol. The Labute approximate surface area is 135 Å². The molecule has 1 atom stereocenters. The molecule has 0 saturated carbocycles. The number of amides is 1. The van der Waals surface area contributed by atoms with Crippen molar-refractivity contribution in [3.63, 3.8) is 0 Å². The molecule has 3 nitrogen and oxygen atoms in total. The van der Waals surface area contributed by atoms with E-state index in [1.807, 2.05) is 37.2 Å². The van der Waals surface area contributed by atoms with Gasteiger partial charge in [-0.15, -0.1) is 0 Å². The number of carbonyl (C=O) groups is 1. The standard InChI is InChI=1S/C18H20F2N2O/c1-11-5-6-22(4)14(7-11)8-12(2)17-15(19)9-13(10-16(17)20)18(23)21-3/h5-10,14H,1-4H3,(H,21,23)/b12-8+. The number of rotatable bonds is 3. The smallest absolute Gasteiger partial charge is 0.251 e. The van der Waals surface area contributed by atoms with E-state index in [0.29, 0.717) is 5.57 Å². The van der Waals surface area contributed by atoms with E-state index >= 15 is 0 Å². The van der Waals surface area contributed by atoms with Crippen LogP contribution in [0.15, 0.2) is 42.1 Å². The number of hydrogen-bond acceptors (Lipinski definition) is 2. The highest BCUT2D eigenvalue weighted by Gasteiger charge is 2.18. The van der Waals surface area contributed by atoms with Gasteiger partial charge in [-0.05, 0) is 43.8 Å². The fourth-order valence-electron chi connectivity index (χ4n) is 2.51. The van der Waals surface area contributed by atoms with E-state index in [1.165, 1.54) is 7.05 Å². The highest BCUT2D eigenvalue weighted by Crippen LogP contribution is 2.25. The van der Waals surface area contributed by atoms with Crippen LogP contribution in [0.4, 0.5) is 8.78 Å². The van der Waals surface area contributed by atoms with Gasteiger partial charge in [-0.25, -0.2) is 8.78 Å². The summed E-state index contributed by atoms with van der Waals surface area (Å²) in [4.78, 5) is 13.5. The van der Waals surface area contributed by atoms with Crippen molar-refractivity contribution in [2.75, 3.05) is 14.1 Å². The minimum atomic E-state index is -0.743. The summed E-state index contributed by atoms with van der Waals surface area (Å²) in [6.45, 7) is 3.63. The van der Waals surface area contributed by atoms with Gasteiger partial charge in [0.2, 0.25) is 0 Å². The van der Waals surface area contributed by atoms with Gasteiger partial charge in [-0.1, -0.05) is 17.7 Å². The molecule has 1 aromatic carbocycles. The summed E-state index contributed by atoms with van der Waals surface area (Å²) in [6, 6.07) is 2.04. The van der Waals surface area contributed by atoms with Crippen LogP contribution in [0.1, 0.15) is 29.8 Å². The summed E-state index contributed by atoms with van der Waals surface area (Å²) >= 11 is 0. The molecular weight excluding hydrogens is 298 g/mol. The van der Waals surface area contributed by atoms with Gasteiger partial charge in [0.05, 0.1) is 6.04 Å². The van der Waals surface area contributed by atoms with Crippen molar-refractivity contribution in [2.24, 2.45) is 0 Å². The molecule has 122 valence electrons. The fraction of sp³-hybridized carbons (Fsp3) is 0.278. The maximum atomic E-state index is 14.3. The van der Waals surface area contributed by atoms with Crippen LogP contribution in [0.3, 0.4) is 0 Å². The molecule has 2 rings (SSSR count). The molecule has 0 bridgehead atoms. The van der Waals surface area contributed by atoms with Crippen LogP contribution >= 0.6 is 0 Å². The zero-order valence-electron chi connectivity index (χ0n) is 13.7. The van der Waals surface area contributed by atoms with E-state index in [9.17, 15) is 13.6 Å². The van der Waals surface area contributed by atoms with E-state index < -0.39 is 17.5 Å². The lowest BCUT2D eigenvalue weighted by Gasteiger charge is -2.26. The average Bonchev–Trinajstić information content (AvgIpc) is 2.49. The number of benzene rings is 1. The lowest BCUT2D eigenvalue weighted by Crippen LogP contribution is -2.25. The second-order valence-corrected chi connectivity index (χ2v) is 5.63. The Bertz CT molecular complexity index is 697. The quantitative estimate of drug-likeness (QED) is 0.925. The maximum absolute atomic E-state index is 14.3. The zero-order valence-corrected chi connectivity index (χ0v) is 13.7. The van der Waals surface area contributed by atoms with Gasteiger partial charge in [0.15, 0.2) is 0 Å². The first kappa shape index (κ1) is 16.9. The van der Waals surface area contributed by atoms with E-state index in [4.69, 9.17) is 0 Å². The summed E-state index contributed by atoms with van der Waals surface area (Å²) in [5.74, 6) is -2.01. The van der Waals surface area contributed by atoms with Crippen LogP contribution in [0, 0.1) is 11.6 Å². The molecule has 0 spiro atoms. The topological polar surface area (TPSA) is 32.3 Å². The minimum Gasteiger partial charge on any atom is -0.371 e. The lowest BCUT2D eigenvalue weighted by atomic mass is 9.99. The second kappa shape index (κ2) is 6.77.